The highest BCUT2D eigenvalue weighted by Gasteiger charge is 2.35. The van der Waals surface area contributed by atoms with Crippen molar-refractivity contribution < 1.29 is 14.4 Å². The molecular formula is C32H41ClN8O3S. The zero-order valence-electron chi connectivity index (χ0n) is 25.4. The summed E-state index contributed by atoms with van der Waals surface area (Å²) in [6, 6.07) is 2.88. The van der Waals surface area contributed by atoms with Gasteiger partial charge in [0.2, 0.25) is 5.91 Å². The van der Waals surface area contributed by atoms with Gasteiger partial charge in [-0.25, -0.2) is 9.59 Å². The number of carbonyl (C=O) groups is 3. The van der Waals surface area contributed by atoms with E-state index in [-0.39, 0.29) is 30.4 Å². The third-order valence-electron chi connectivity index (χ3n) is 9.61. The molecule has 4 aliphatic rings. The third kappa shape index (κ3) is 7.02. The van der Waals surface area contributed by atoms with Gasteiger partial charge in [-0.2, -0.15) is 0 Å². The number of piperidine rings is 2. The molecule has 0 radical (unpaired) electrons. The number of benzene rings is 1. The van der Waals surface area contributed by atoms with Crippen LogP contribution in [-0.4, -0.2) is 108 Å². The van der Waals surface area contributed by atoms with Gasteiger partial charge in [-0.3, -0.25) is 9.69 Å². The van der Waals surface area contributed by atoms with Crippen LogP contribution in [0, 0.1) is 12.3 Å². The van der Waals surface area contributed by atoms with Gasteiger partial charge >= 0.3 is 12.1 Å². The SMILES string of the molecule is C#Cc1cc(C[C@@H](NC(=O)N2CCC(N3Cc4cscc4NC3=O)CC2)C(=O)N2CCN(C3CCNCC3)CC2)cc(Cl)c1N. The first kappa shape index (κ1) is 31.5. The number of nitrogen functional groups attached to an aromatic ring is 1. The standard InChI is InChI=1S/C32H41ClN8O3S/c1-2-22-15-21(16-26(33)29(22)34)17-27(30(42)39-13-11-38(12-14-39)24-3-7-35-8-4-24)36-31(43)40-9-5-25(6-10-40)41-18-23-19-45-20-28(23)37-32(41)44/h1,15-16,19-20,24-25,27,35H,3-14,17-18,34H2,(H,36,43)(H,37,44)/t27-/m1/s1. The van der Waals surface area contributed by atoms with Gasteiger partial charge < -0.3 is 36.4 Å². The number of rotatable bonds is 6. The number of nitrogens with one attached hydrogen (secondary N) is 3. The van der Waals surface area contributed by atoms with E-state index in [0.29, 0.717) is 67.9 Å². The molecule has 0 saturated carbocycles. The predicted molar refractivity (Wildman–Crippen MR) is 177 cm³/mol. The molecule has 0 bridgehead atoms. The Labute approximate surface area is 273 Å². The fourth-order valence-corrected chi connectivity index (χ4v) is 7.98. The van der Waals surface area contributed by atoms with E-state index >= 15 is 0 Å². The Bertz CT molecular complexity index is 1450. The van der Waals surface area contributed by atoms with Crippen molar-refractivity contribution in [3.63, 3.8) is 0 Å². The highest BCUT2D eigenvalue weighted by Crippen LogP contribution is 2.30. The molecule has 1 aromatic heterocycles. The van der Waals surface area contributed by atoms with Gasteiger partial charge in [0.1, 0.15) is 6.04 Å². The number of nitrogens with two attached hydrogens (primary N) is 1. The lowest BCUT2D eigenvalue weighted by Crippen LogP contribution is -2.59. The number of nitrogens with zero attached hydrogens (tertiary/aromatic N) is 4. The van der Waals surface area contributed by atoms with E-state index in [1.54, 1.807) is 28.4 Å². The first-order valence-electron chi connectivity index (χ1n) is 15.8. The maximum absolute atomic E-state index is 14.0. The monoisotopic (exact) mass is 652 g/mol. The number of halogens is 1. The molecule has 45 heavy (non-hydrogen) atoms. The van der Waals surface area contributed by atoms with E-state index in [1.807, 2.05) is 15.2 Å². The minimum atomic E-state index is -0.796. The predicted octanol–water partition coefficient (Wildman–Crippen LogP) is 2.99. The minimum absolute atomic E-state index is 0.0369. The molecule has 2 aromatic rings. The molecule has 1 aromatic carbocycles. The van der Waals surface area contributed by atoms with Crippen LogP contribution in [0.3, 0.4) is 0 Å². The molecule has 1 atom stereocenters. The van der Waals surface area contributed by atoms with Crippen LogP contribution in [0.2, 0.25) is 5.02 Å². The summed E-state index contributed by atoms with van der Waals surface area (Å²) in [6.45, 7) is 6.47. The lowest BCUT2D eigenvalue weighted by Gasteiger charge is -2.42. The summed E-state index contributed by atoms with van der Waals surface area (Å²) in [5, 5.41) is 13.8. The van der Waals surface area contributed by atoms with Gasteiger partial charge in [0, 0.05) is 74.3 Å². The number of urea groups is 2. The average molecular weight is 653 g/mol. The molecule has 13 heteroatoms. The number of terminal acetylenes is 1. The Kier molecular flexibility index (Phi) is 9.70. The highest BCUT2D eigenvalue weighted by atomic mass is 35.5. The molecule has 4 aliphatic heterocycles. The second-order valence-corrected chi connectivity index (χ2v) is 13.5. The first-order valence-corrected chi connectivity index (χ1v) is 17.1. The second kappa shape index (κ2) is 13.9. The van der Waals surface area contributed by atoms with Crippen molar-refractivity contribution in [3.8, 4) is 12.3 Å². The molecule has 3 saturated heterocycles. The summed E-state index contributed by atoms with van der Waals surface area (Å²) in [5.74, 6) is 2.45. The molecule has 3 fully saturated rings. The quantitative estimate of drug-likeness (QED) is 0.281. The van der Waals surface area contributed by atoms with Crippen LogP contribution >= 0.6 is 22.9 Å². The van der Waals surface area contributed by atoms with Crippen LogP contribution in [0.15, 0.2) is 22.9 Å². The summed E-state index contributed by atoms with van der Waals surface area (Å²) < 4.78 is 0. The number of hydrogen-bond donors (Lipinski definition) is 4. The van der Waals surface area contributed by atoms with Crippen LogP contribution in [0.1, 0.15) is 42.4 Å². The van der Waals surface area contributed by atoms with Crippen LogP contribution in [0.4, 0.5) is 21.0 Å². The number of anilines is 2. The molecule has 240 valence electrons. The van der Waals surface area contributed by atoms with Gasteiger partial charge in [-0.15, -0.1) is 17.8 Å². The van der Waals surface area contributed by atoms with Gasteiger partial charge in [0.15, 0.2) is 0 Å². The number of carbonyl (C=O) groups excluding carboxylic acids is 3. The molecule has 0 unspecified atom stereocenters. The van der Waals surface area contributed by atoms with Gasteiger partial charge in [-0.05, 0) is 61.8 Å². The number of hydrogen-bond acceptors (Lipinski definition) is 7. The van der Waals surface area contributed by atoms with Crippen molar-refractivity contribution in [2.75, 3.05) is 63.4 Å². The summed E-state index contributed by atoms with van der Waals surface area (Å²) in [5.41, 5.74) is 9.58. The Morgan fingerprint density at radius 3 is 2.49 bits per heavy atom. The van der Waals surface area contributed by atoms with E-state index < -0.39 is 6.04 Å². The average Bonchev–Trinajstić information content (AvgIpc) is 3.53. The van der Waals surface area contributed by atoms with Crippen molar-refractivity contribution >= 4 is 52.3 Å². The lowest BCUT2D eigenvalue weighted by molar-refractivity contribution is -0.135. The summed E-state index contributed by atoms with van der Waals surface area (Å²) >= 11 is 7.96. The molecule has 5 N–H and O–H groups in total. The number of amides is 5. The van der Waals surface area contributed by atoms with Crippen LogP contribution in [-0.2, 0) is 17.8 Å². The summed E-state index contributed by atoms with van der Waals surface area (Å²) in [7, 11) is 0. The number of thiophene rings is 1. The zero-order chi connectivity index (χ0) is 31.5. The van der Waals surface area contributed by atoms with Crippen molar-refractivity contribution in [2.24, 2.45) is 0 Å². The minimum Gasteiger partial charge on any atom is -0.397 e. The number of likely N-dealkylation sites (tertiary alicyclic amines) is 1. The number of fused-ring (bicyclic) bond motifs is 1. The normalized spacial score (nSPS) is 20.7. The summed E-state index contributed by atoms with van der Waals surface area (Å²) in [4.78, 5) is 48.4. The molecular weight excluding hydrogens is 612 g/mol. The van der Waals surface area contributed by atoms with E-state index in [1.165, 1.54) is 0 Å². The molecule has 5 heterocycles. The van der Waals surface area contributed by atoms with Crippen LogP contribution < -0.4 is 21.7 Å². The molecule has 6 rings (SSSR count). The van der Waals surface area contributed by atoms with E-state index in [4.69, 9.17) is 23.8 Å². The topological polar surface area (TPSA) is 126 Å². The van der Waals surface area contributed by atoms with E-state index in [2.05, 4.69) is 32.2 Å². The zero-order valence-corrected chi connectivity index (χ0v) is 27.0. The Morgan fingerprint density at radius 2 is 1.78 bits per heavy atom. The van der Waals surface area contributed by atoms with Gasteiger partial charge in [0.05, 0.1) is 22.9 Å². The molecule has 11 nitrogen and oxygen atoms in total. The van der Waals surface area contributed by atoms with Crippen molar-refractivity contribution in [2.45, 2.75) is 56.8 Å². The van der Waals surface area contributed by atoms with Gasteiger partial charge in [-0.1, -0.05) is 17.5 Å². The second-order valence-electron chi connectivity index (χ2n) is 12.3. The Hall–Kier alpha value is -3.50. The molecule has 0 aliphatic carbocycles. The smallest absolute Gasteiger partial charge is 0.322 e. The lowest BCUT2D eigenvalue weighted by atomic mass is 10.00. The Balaban J connectivity index is 1.11. The third-order valence-corrected chi connectivity index (χ3v) is 10.7. The summed E-state index contributed by atoms with van der Waals surface area (Å²) in [6.07, 6.45) is 9.47. The van der Waals surface area contributed by atoms with Crippen molar-refractivity contribution in [1.82, 2.24) is 30.2 Å². The van der Waals surface area contributed by atoms with E-state index in [9.17, 15) is 14.4 Å². The molecule has 0 spiro atoms. The van der Waals surface area contributed by atoms with Crippen LogP contribution in [0.5, 0.6) is 0 Å². The first-order chi connectivity index (χ1) is 21.8. The largest absolute Gasteiger partial charge is 0.397 e. The molecule has 5 amide bonds. The van der Waals surface area contributed by atoms with Gasteiger partial charge in [0.25, 0.3) is 0 Å². The van der Waals surface area contributed by atoms with Crippen molar-refractivity contribution in [3.05, 3.63) is 44.6 Å². The van der Waals surface area contributed by atoms with Crippen molar-refractivity contribution in [1.29, 1.82) is 0 Å². The highest BCUT2D eigenvalue weighted by molar-refractivity contribution is 7.08. The Morgan fingerprint density at radius 1 is 1.04 bits per heavy atom. The van der Waals surface area contributed by atoms with E-state index in [0.717, 1.165) is 55.8 Å². The maximum atomic E-state index is 14.0. The fraction of sp³-hybridized carbons (Fsp3) is 0.531. The number of piperazine rings is 1. The maximum Gasteiger partial charge on any atom is 0.322 e. The fourth-order valence-electron chi connectivity index (χ4n) is 6.96. The van der Waals surface area contributed by atoms with Crippen LogP contribution in [0.25, 0.3) is 0 Å².